The molecular weight excluding hydrogens is 1110 g/mol. The van der Waals surface area contributed by atoms with Crippen LogP contribution in [-0.2, 0) is 38.2 Å². The largest absolute Gasteiger partial charge is 0.434 e. The summed E-state index contributed by atoms with van der Waals surface area (Å²) < 4.78 is 207. The Balaban J connectivity index is 0.000000136. The zero-order chi connectivity index (χ0) is 58.7. The van der Waals surface area contributed by atoms with Crippen molar-refractivity contribution in [1.29, 1.82) is 0 Å². The molecule has 9 aromatic heterocycles. The van der Waals surface area contributed by atoms with Crippen molar-refractivity contribution in [2.75, 3.05) is 0 Å². The van der Waals surface area contributed by atoms with Crippen LogP contribution in [0.3, 0.4) is 0 Å². The van der Waals surface area contributed by atoms with Crippen molar-refractivity contribution in [1.82, 2.24) is 57.5 Å². The molecule has 3 aliphatic carbocycles. The molecule has 0 N–H and O–H groups in total. The predicted molar refractivity (Wildman–Crippen MR) is 256 cm³/mol. The first-order valence-electron chi connectivity index (χ1n) is 24.2. The van der Waals surface area contributed by atoms with Crippen molar-refractivity contribution in [3.8, 4) is 33.4 Å². The third-order valence-corrected chi connectivity index (χ3v) is 13.6. The molecule has 0 bridgehead atoms. The van der Waals surface area contributed by atoms with E-state index in [9.17, 15) is 80.2 Å². The maximum atomic E-state index is 13.5. The fraction of sp³-hybridized carbons (Fsp3) is 0.353. The highest BCUT2D eigenvalue weighted by atomic mass is 19.4. The summed E-state index contributed by atoms with van der Waals surface area (Å²) in [4.78, 5) is 49.1. The van der Waals surface area contributed by atoms with Crippen LogP contribution in [0.2, 0.25) is 0 Å². The molecule has 81 heavy (non-hydrogen) atoms. The summed E-state index contributed by atoms with van der Waals surface area (Å²) in [7, 11) is 0. The first-order valence-corrected chi connectivity index (χ1v) is 24.2. The zero-order valence-electron chi connectivity index (χ0n) is 41.9. The van der Waals surface area contributed by atoms with Gasteiger partial charge in [0.2, 0.25) is 0 Å². The third-order valence-electron chi connectivity index (χ3n) is 13.6. The van der Waals surface area contributed by atoms with Gasteiger partial charge in [-0.15, -0.1) is 0 Å². The number of nitrogens with zero attached hydrogens (tertiary/aromatic N) is 12. The third kappa shape index (κ3) is 11.4. The Kier molecular flexibility index (Phi) is 13.4. The van der Waals surface area contributed by atoms with Crippen LogP contribution in [0.4, 0.5) is 65.9 Å². The predicted octanol–water partition coefficient (Wildman–Crippen LogP) is 10.6. The molecule has 0 saturated heterocycles. The Morgan fingerprint density at radius 3 is 0.889 bits per heavy atom. The monoisotopic (exact) mass is 1150 g/mol. The van der Waals surface area contributed by atoms with Crippen LogP contribution in [0.1, 0.15) is 53.0 Å². The summed E-state index contributed by atoms with van der Waals surface area (Å²) in [6.07, 6.45) is -4.70. The van der Waals surface area contributed by atoms with E-state index in [1.807, 2.05) is 0 Å². The summed E-state index contributed by atoms with van der Waals surface area (Å²) in [6.45, 7) is 4.63. The highest BCUT2D eigenvalue weighted by molar-refractivity contribution is 5.68. The van der Waals surface area contributed by atoms with Crippen LogP contribution in [0.25, 0.3) is 50.3 Å². The van der Waals surface area contributed by atoms with Gasteiger partial charge >= 0.3 is 18.5 Å². The standard InChI is InChI=1S/3C17H13F5N4O/c3*1-9-2-3-26-12(4-9)24-14(17(20,21)22)13(15(26)27)10-6-23-25(7-10)8-11-5-16(11,18)19/h3*2-4,6-7,11H,5,8H2,1H3/t2*11-;/m10./s1. The molecule has 3 atom stereocenters. The minimum Gasteiger partial charge on any atom is -0.272 e. The van der Waals surface area contributed by atoms with Gasteiger partial charge in [-0.25, -0.2) is 41.3 Å². The van der Waals surface area contributed by atoms with Crippen molar-refractivity contribution in [3.63, 3.8) is 0 Å². The number of hydrogen-bond acceptors (Lipinski definition) is 9. The quantitative estimate of drug-likeness (QED) is 0.128. The number of hydrogen-bond donors (Lipinski definition) is 0. The highest BCUT2D eigenvalue weighted by Gasteiger charge is 2.58. The Labute approximate surface area is 443 Å². The van der Waals surface area contributed by atoms with E-state index < -0.39 is 105 Å². The number of alkyl halides is 15. The molecule has 3 aliphatic rings. The van der Waals surface area contributed by atoms with Gasteiger partial charge in [0.05, 0.1) is 35.3 Å². The minimum absolute atomic E-state index is 0.112. The molecule has 9 aromatic rings. The van der Waals surface area contributed by atoms with E-state index in [4.69, 9.17) is 0 Å². The molecule has 0 spiro atoms. The molecule has 0 aliphatic heterocycles. The normalized spacial score (nSPS) is 18.8. The van der Waals surface area contributed by atoms with Crippen LogP contribution in [0.15, 0.2) is 107 Å². The second-order valence-electron chi connectivity index (χ2n) is 20.1. The average molecular weight is 1150 g/mol. The first kappa shape index (κ1) is 56.0. The molecule has 0 aromatic carbocycles. The molecule has 12 rings (SSSR count). The molecule has 3 fully saturated rings. The number of rotatable bonds is 9. The maximum absolute atomic E-state index is 13.5. The SMILES string of the molecule is Cc1ccn2c(=O)c(-c3cnn(CC4CC4(F)F)c3)c(C(F)(F)F)nc2c1.Cc1ccn2c(=O)c(-c3cnn(C[C@@H]4CC4(F)F)c3)c(C(F)(F)F)nc2c1.Cc1ccn2c(=O)c(-c3cnn(C[C@H]4CC4(F)F)c3)c(C(F)(F)F)nc2c1. The van der Waals surface area contributed by atoms with Crippen molar-refractivity contribution in [2.24, 2.45) is 17.8 Å². The van der Waals surface area contributed by atoms with Gasteiger partial charge in [0, 0.05) is 111 Å². The van der Waals surface area contributed by atoms with Gasteiger partial charge in [0.25, 0.3) is 34.4 Å². The lowest BCUT2D eigenvalue weighted by Gasteiger charge is -2.12. The second-order valence-corrected chi connectivity index (χ2v) is 20.1. The highest BCUT2D eigenvalue weighted by Crippen LogP contribution is 2.51. The lowest BCUT2D eigenvalue weighted by molar-refractivity contribution is -0.141. The molecular formula is C51H39F15N12O3. The molecule has 426 valence electrons. The summed E-state index contributed by atoms with van der Waals surface area (Å²) in [5.41, 5.74) is -7.38. The zero-order valence-corrected chi connectivity index (χ0v) is 41.9. The maximum Gasteiger partial charge on any atom is 0.434 e. The summed E-state index contributed by atoms with van der Waals surface area (Å²) in [6, 6.07) is 8.85. The molecule has 0 radical (unpaired) electrons. The van der Waals surface area contributed by atoms with Crippen LogP contribution in [0, 0.1) is 38.5 Å². The van der Waals surface area contributed by atoms with E-state index in [1.54, 1.807) is 39.0 Å². The topological polar surface area (TPSA) is 157 Å². The van der Waals surface area contributed by atoms with E-state index in [0.29, 0.717) is 16.7 Å². The van der Waals surface area contributed by atoms with Crippen molar-refractivity contribution < 1.29 is 65.9 Å². The van der Waals surface area contributed by atoms with Crippen LogP contribution in [-0.4, -0.2) is 75.3 Å². The molecule has 30 heteroatoms. The van der Waals surface area contributed by atoms with Crippen molar-refractivity contribution in [3.05, 3.63) is 157 Å². The lowest BCUT2D eigenvalue weighted by atomic mass is 10.1. The smallest absolute Gasteiger partial charge is 0.272 e. The first-order chi connectivity index (χ1) is 37.7. The Bertz CT molecular complexity index is 3710. The van der Waals surface area contributed by atoms with E-state index >= 15 is 0 Å². The van der Waals surface area contributed by atoms with Gasteiger partial charge < -0.3 is 0 Å². The lowest BCUT2D eigenvalue weighted by Crippen LogP contribution is -2.24. The minimum atomic E-state index is -4.86. The molecule has 15 nitrogen and oxygen atoms in total. The van der Waals surface area contributed by atoms with E-state index in [2.05, 4.69) is 30.2 Å². The van der Waals surface area contributed by atoms with Crippen LogP contribution < -0.4 is 16.7 Å². The summed E-state index contributed by atoms with van der Waals surface area (Å²) in [5, 5.41) is 11.5. The van der Waals surface area contributed by atoms with Gasteiger partial charge in [0.1, 0.15) is 16.9 Å². The van der Waals surface area contributed by atoms with E-state index in [1.165, 1.54) is 55.4 Å². The average Bonchev–Trinajstić information content (AvgIpc) is 3.69. The number of pyridine rings is 3. The number of halogens is 15. The Morgan fingerprint density at radius 2 is 0.679 bits per heavy atom. The van der Waals surface area contributed by atoms with Gasteiger partial charge in [-0.05, 0) is 73.9 Å². The number of aryl methyl sites for hydroxylation is 3. The van der Waals surface area contributed by atoms with Gasteiger partial charge in [0.15, 0.2) is 17.1 Å². The molecule has 1 unspecified atom stereocenters. The molecule has 0 amide bonds. The van der Waals surface area contributed by atoms with Gasteiger partial charge in [-0.2, -0.15) is 54.8 Å². The number of fused-ring (bicyclic) bond motifs is 3. The van der Waals surface area contributed by atoms with Crippen LogP contribution >= 0.6 is 0 Å². The van der Waals surface area contributed by atoms with Crippen molar-refractivity contribution in [2.45, 2.75) is 96.0 Å². The number of aromatic nitrogens is 12. The Morgan fingerprint density at radius 1 is 0.444 bits per heavy atom. The fourth-order valence-electron chi connectivity index (χ4n) is 8.97. The summed E-state index contributed by atoms with van der Waals surface area (Å²) in [5.74, 6) is -11.0. The van der Waals surface area contributed by atoms with E-state index in [0.717, 1.165) is 45.8 Å². The van der Waals surface area contributed by atoms with Crippen LogP contribution in [0.5, 0.6) is 0 Å². The van der Waals surface area contributed by atoms with E-state index in [-0.39, 0.29) is 72.5 Å². The van der Waals surface area contributed by atoms with Gasteiger partial charge in [-0.3, -0.25) is 41.6 Å². The fourth-order valence-corrected chi connectivity index (χ4v) is 8.97. The molecule has 9 heterocycles. The second kappa shape index (κ2) is 19.4. The van der Waals surface area contributed by atoms with Gasteiger partial charge in [-0.1, -0.05) is 0 Å². The Hall–Kier alpha value is -8.34. The summed E-state index contributed by atoms with van der Waals surface area (Å²) >= 11 is 0. The molecule has 3 saturated carbocycles. The van der Waals surface area contributed by atoms with Crippen molar-refractivity contribution >= 4 is 16.9 Å².